The van der Waals surface area contributed by atoms with Crippen LogP contribution in [0.3, 0.4) is 0 Å². The lowest BCUT2D eigenvalue weighted by Crippen LogP contribution is -2.44. The molecule has 1 fully saturated rings. The van der Waals surface area contributed by atoms with Crippen LogP contribution in [0.15, 0.2) is 0 Å². The molecule has 0 aliphatic carbocycles. The van der Waals surface area contributed by atoms with Gasteiger partial charge < -0.3 is 9.64 Å². The Balaban J connectivity index is 1.82. The summed E-state index contributed by atoms with van der Waals surface area (Å²) < 4.78 is 5.70. The summed E-state index contributed by atoms with van der Waals surface area (Å²) in [4.78, 5) is 13.9. The quantitative estimate of drug-likeness (QED) is 0.808. The van der Waals surface area contributed by atoms with Crippen molar-refractivity contribution in [1.29, 1.82) is 0 Å². The third kappa shape index (κ3) is 3.49. The average molecular weight is 253 g/mol. The van der Waals surface area contributed by atoms with Crippen LogP contribution in [0.4, 0.5) is 0 Å². The largest absolute Gasteiger partial charge is 0.376 e. The number of carbonyl (C=O) groups is 1. The normalized spacial score (nSPS) is 20.1. The molecule has 1 aliphatic heterocycles. The molecule has 1 aromatic rings. The average Bonchev–Trinajstić information content (AvgIpc) is 2.89. The molecule has 18 heavy (non-hydrogen) atoms. The molecule has 1 aromatic heterocycles. The highest BCUT2D eigenvalue weighted by Crippen LogP contribution is 2.14. The molecule has 2 rings (SSSR count). The Hall–Kier alpha value is -1.50. The van der Waals surface area contributed by atoms with Gasteiger partial charge in [-0.1, -0.05) is 12.1 Å². The maximum absolute atomic E-state index is 12.0. The van der Waals surface area contributed by atoms with E-state index in [1.165, 1.54) is 0 Å². The van der Waals surface area contributed by atoms with Gasteiger partial charge >= 0.3 is 0 Å². The molecule has 0 unspecified atom stereocenters. The van der Waals surface area contributed by atoms with E-state index in [4.69, 9.17) is 4.74 Å². The van der Waals surface area contributed by atoms with Gasteiger partial charge in [-0.2, -0.15) is 5.21 Å². The van der Waals surface area contributed by atoms with Crippen molar-refractivity contribution in [3.05, 3.63) is 5.82 Å². The van der Waals surface area contributed by atoms with Crippen LogP contribution in [0, 0.1) is 0 Å². The van der Waals surface area contributed by atoms with Gasteiger partial charge in [-0.15, -0.1) is 10.2 Å². The van der Waals surface area contributed by atoms with E-state index in [1.807, 2.05) is 4.90 Å². The molecule has 1 saturated heterocycles. The SMILES string of the molecule is CCCO[C@H]1CCCN(C(=O)Cc2nn[nH]n2)C1. The van der Waals surface area contributed by atoms with Crippen LogP contribution in [0.1, 0.15) is 32.0 Å². The fourth-order valence-corrected chi connectivity index (χ4v) is 2.09. The predicted molar refractivity (Wildman–Crippen MR) is 63.7 cm³/mol. The van der Waals surface area contributed by atoms with E-state index in [1.54, 1.807) is 0 Å². The summed E-state index contributed by atoms with van der Waals surface area (Å²) >= 11 is 0. The zero-order chi connectivity index (χ0) is 12.8. The zero-order valence-corrected chi connectivity index (χ0v) is 10.6. The van der Waals surface area contributed by atoms with E-state index in [0.29, 0.717) is 12.4 Å². The molecular weight excluding hydrogens is 234 g/mol. The number of likely N-dealkylation sites (tertiary alicyclic amines) is 1. The number of carbonyl (C=O) groups excluding carboxylic acids is 1. The highest BCUT2D eigenvalue weighted by molar-refractivity contribution is 5.78. The Morgan fingerprint density at radius 2 is 2.50 bits per heavy atom. The maximum atomic E-state index is 12.0. The number of tetrazole rings is 1. The molecule has 2 heterocycles. The number of piperidine rings is 1. The fraction of sp³-hybridized carbons (Fsp3) is 0.818. The Bertz CT molecular complexity index is 368. The lowest BCUT2D eigenvalue weighted by atomic mass is 10.1. The number of ether oxygens (including phenoxy) is 1. The number of aromatic nitrogens is 4. The first-order chi connectivity index (χ1) is 8.79. The minimum atomic E-state index is 0.0428. The summed E-state index contributed by atoms with van der Waals surface area (Å²) in [5.41, 5.74) is 0. The Labute approximate surface area is 106 Å². The highest BCUT2D eigenvalue weighted by Gasteiger charge is 2.24. The summed E-state index contributed by atoms with van der Waals surface area (Å²) in [5, 5.41) is 13.4. The monoisotopic (exact) mass is 253 g/mol. The summed E-state index contributed by atoms with van der Waals surface area (Å²) in [7, 11) is 0. The van der Waals surface area contributed by atoms with Crippen molar-refractivity contribution >= 4 is 5.91 Å². The van der Waals surface area contributed by atoms with Crippen molar-refractivity contribution in [2.75, 3.05) is 19.7 Å². The van der Waals surface area contributed by atoms with E-state index in [9.17, 15) is 4.79 Å². The van der Waals surface area contributed by atoms with Gasteiger partial charge in [0.1, 0.15) is 0 Å². The van der Waals surface area contributed by atoms with Crippen molar-refractivity contribution in [3.63, 3.8) is 0 Å². The predicted octanol–water partition coefficient (Wildman–Crippen LogP) is 0.160. The molecule has 100 valence electrons. The van der Waals surface area contributed by atoms with Crippen molar-refractivity contribution in [1.82, 2.24) is 25.5 Å². The zero-order valence-electron chi connectivity index (χ0n) is 10.6. The summed E-state index contributed by atoms with van der Waals surface area (Å²) in [6, 6.07) is 0. The molecule has 0 saturated carbocycles. The number of H-pyrrole nitrogens is 1. The van der Waals surface area contributed by atoms with Gasteiger partial charge in [0.25, 0.3) is 0 Å². The molecule has 7 heteroatoms. The molecule has 1 aliphatic rings. The summed E-state index contributed by atoms with van der Waals surface area (Å²) in [6.45, 7) is 4.32. The van der Waals surface area contributed by atoms with Crippen LogP contribution < -0.4 is 0 Å². The number of hydrogen-bond donors (Lipinski definition) is 1. The number of amides is 1. The van der Waals surface area contributed by atoms with Gasteiger partial charge in [-0.3, -0.25) is 4.79 Å². The van der Waals surface area contributed by atoms with Gasteiger partial charge in [-0.05, 0) is 19.3 Å². The second-order valence-electron chi connectivity index (χ2n) is 4.48. The molecule has 0 aromatic carbocycles. The van der Waals surface area contributed by atoms with E-state index in [0.717, 1.165) is 32.4 Å². The Morgan fingerprint density at radius 3 is 3.22 bits per heavy atom. The molecule has 0 radical (unpaired) electrons. The number of rotatable bonds is 5. The van der Waals surface area contributed by atoms with Gasteiger partial charge in [0, 0.05) is 19.7 Å². The second-order valence-corrected chi connectivity index (χ2v) is 4.48. The van der Waals surface area contributed by atoms with Crippen LogP contribution in [-0.2, 0) is 16.0 Å². The molecule has 0 bridgehead atoms. The molecule has 1 N–H and O–H groups in total. The first-order valence-corrected chi connectivity index (χ1v) is 6.41. The first-order valence-electron chi connectivity index (χ1n) is 6.41. The van der Waals surface area contributed by atoms with Crippen molar-refractivity contribution in [2.45, 2.75) is 38.7 Å². The van der Waals surface area contributed by atoms with Crippen LogP contribution in [-0.4, -0.2) is 57.2 Å². The standard InChI is InChI=1S/C11H19N5O2/c1-2-6-18-9-4-3-5-16(8-9)11(17)7-10-12-14-15-13-10/h9H,2-8H2,1H3,(H,12,13,14,15)/t9-/m0/s1. The summed E-state index contributed by atoms with van der Waals surface area (Å²) in [6.07, 6.45) is 3.41. The number of nitrogens with zero attached hydrogens (tertiary/aromatic N) is 4. The Morgan fingerprint density at radius 1 is 1.61 bits per heavy atom. The number of hydrogen-bond acceptors (Lipinski definition) is 5. The van der Waals surface area contributed by atoms with Crippen molar-refractivity contribution in [3.8, 4) is 0 Å². The Kier molecular flexibility index (Phi) is 4.63. The number of aromatic amines is 1. The minimum Gasteiger partial charge on any atom is -0.376 e. The van der Waals surface area contributed by atoms with Crippen molar-refractivity contribution in [2.24, 2.45) is 0 Å². The lowest BCUT2D eigenvalue weighted by Gasteiger charge is -2.32. The summed E-state index contributed by atoms with van der Waals surface area (Å²) in [5.74, 6) is 0.484. The van der Waals surface area contributed by atoms with Gasteiger partial charge in [0.15, 0.2) is 5.82 Å². The van der Waals surface area contributed by atoms with E-state index in [-0.39, 0.29) is 18.4 Å². The van der Waals surface area contributed by atoms with E-state index in [2.05, 4.69) is 27.5 Å². The van der Waals surface area contributed by atoms with Gasteiger partial charge in [0.2, 0.25) is 5.91 Å². The third-order valence-corrected chi connectivity index (χ3v) is 2.99. The van der Waals surface area contributed by atoms with E-state index >= 15 is 0 Å². The molecule has 0 spiro atoms. The molecular formula is C11H19N5O2. The van der Waals surface area contributed by atoms with Crippen molar-refractivity contribution < 1.29 is 9.53 Å². The number of nitrogens with one attached hydrogen (secondary N) is 1. The van der Waals surface area contributed by atoms with E-state index < -0.39 is 0 Å². The topological polar surface area (TPSA) is 84.0 Å². The third-order valence-electron chi connectivity index (χ3n) is 2.99. The van der Waals surface area contributed by atoms with Crippen LogP contribution in [0.5, 0.6) is 0 Å². The van der Waals surface area contributed by atoms with Crippen LogP contribution in [0.2, 0.25) is 0 Å². The first kappa shape index (κ1) is 12.9. The molecule has 7 nitrogen and oxygen atoms in total. The smallest absolute Gasteiger partial charge is 0.230 e. The van der Waals surface area contributed by atoms with Gasteiger partial charge in [0.05, 0.1) is 12.5 Å². The van der Waals surface area contributed by atoms with Gasteiger partial charge in [-0.25, -0.2) is 0 Å². The maximum Gasteiger partial charge on any atom is 0.230 e. The second kappa shape index (κ2) is 6.44. The van der Waals surface area contributed by atoms with Crippen LogP contribution >= 0.6 is 0 Å². The molecule has 1 atom stereocenters. The highest BCUT2D eigenvalue weighted by atomic mass is 16.5. The minimum absolute atomic E-state index is 0.0428. The lowest BCUT2D eigenvalue weighted by molar-refractivity contribution is -0.134. The van der Waals surface area contributed by atoms with Crippen LogP contribution in [0.25, 0.3) is 0 Å². The fourth-order valence-electron chi connectivity index (χ4n) is 2.09. The molecule has 1 amide bonds.